The van der Waals surface area contributed by atoms with Crippen molar-refractivity contribution in [2.75, 3.05) is 11.9 Å². The second-order valence-electron chi connectivity index (χ2n) is 13.5. The number of nitrogens with one attached hydrogen (secondary N) is 1. The number of nitrogens with zero attached hydrogens (tertiary/aromatic N) is 1. The van der Waals surface area contributed by atoms with E-state index < -0.39 is 8.32 Å². The Morgan fingerprint density at radius 3 is 2.41 bits per heavy atom. The largest absolute Gasteiger partial charge is 0.543 e. The number of anilines is 1. The van der Waals surface area contributed by atoms with Gasteiger partial charge in [0.15, 0.2) is 6.61 Å². The number of hydrogen-bond acceptors (Lipinski definition) is 4. The molecule has 1 amide bonds. The number of halogens is 1. The molecule has 0 bridgehead atoms. The van der Waals surface area contributed by atoms with Crippen molar-refractivity contribution in [2.24, 2.45) is 11.8 Å². The Morgan fingerprint density at radius 1 is 1.05 bits per heavy atom. The van der Waals surface area contributed by atoms with Crippen LogP contribution >= 0.6 is 22.6 Å². The molecule has 0 aromatic heterocycles. The van der Waals surface area contributed by atoms with Crippen LogP contribution in [-0.4, -0.2) is 20.8 Å². The number of benzene rings is 2. The van der Waals surface area contributed by atoms with Crippen molar-refractivity contribution in [3.8, 4) is 17.6 Å². The second-order valence-corrected chi connectivity index (χ2v) is 19.3. The van der Waals surface area contributed by atoms with Gasteiger partial charge in [-0.05, 0) is 133 Å². The fraction of sp³-hybridized carbons (Fsp3) is 0.588. The SMILES string of the molecule is CC(C)(C)[Si](C)(C)Oc1ccc(NC(=O)C2CCCCC2)c(CC2CCC(c3cccc(OCC#N)c3)CC2)c1I. The molecule has 0 atom stereocenters. The van der Waals surface area contributed by atoms with E-state index in [9.17, 15) is 4.79 Å². The zero-order valence-electron chi connectivity index (χ0n) is 25.5. The molecule has 222 valence electrons. The first-order chi connectivity index (χ1) is 19.5. The molecule has 0 heterocycles. The van der Waals surface area contributed by atoms with Crippen molar-refractivity contribution in [3.05, 3.63) is 51.1 Å². The molecule has 41 heavy (non-hydrogen) atoms. The molecule has 2 aromatic carbocycles. The first-order valence-corrected chi connectivity index (χ1v) is 19.4. The fourth-order valence-corrected chi connectivity index (χ4v) is 8.02. The first-order valence-electron chi connectivity index (χ1n) is 15.4. The van der Waals surface area contributed by atoms with Gasteiger partial charge in [0.1, 0.15) is 17.6 Å². The maximum absolute atomic E-state index is 13.3. The van der Waals surface area contributed by atoms with E-state index in [0.717, 1.165) is 78.5 Å². The molecular formula is C34H47IN2O3Si. The summed E-state index contributed by atoms with van der Waals surface area (Å²) >= 11 is 2.47. The minimum Gasteiger partial charge on any atom is -0.543 e. The molecule has 0 radical (unpaired) electrons. The lowest BCUT2D eigenvalue weighted by Crippen LogP contribution is -2.44. The van der Waals surface area contributed by atoms with Gasteiger partial charge in [-0.15, -0.1) is 0 Å². The number of nitriles is 1. The van der Waals surface area contributed by atoms with Gasteiger partial charge in [0.25, 0.3) is 8.32 Å². The summed E-state index contributed by atoms with van der Waals surface area (Å²) in [5.74, 6) is 3.12. The van der Waals surface area contributed by atoms with E-state index in [1.165, 1.54) is 17.5 Å². The van der Waals surface area contributed by atoms with Gasteiger partial charge in [0.2, 0.25) is 5.91 Å². The zero-order valence-corrected chi connectivity index (χ0v) is 28.7. The van der Waals surface area contributed by atoms with Crippen molar-refractivity contribution in [2.45, 2.75) is 109 Å². The molecule has 0 saturated heterocycles. The number of ether oxygens (including phenoxy) is 1. The van der Waals surface area contributed by atoms with Crippen molar-refractivity contribution in [1.29, 1.82) is 5.26 Å². The van der Waals surface area contributed by atoms with Crippen molar-refractivity contribution < 1.29 is 14.0 Å². The van der Waals surface area contributed by atoms with Crippen LogP contribution in [0.15, 0.2) is 36.4 Å². The molecule has 0 spiro atoms. The average Bonchev–Trinajstić information content (AvgIpc) is 2.95. The predicted octanol–water partition coefficient (Wildman–Crippen LogP) is 9.61. The number of carbonyl (C=O) groups is 1. The number of carbonyl (C=O) groups excluding carboxylic acids is 1. The zero-order chi connectivity index (χ0) is 29.6. The number of hydrogen-bond donors (Lipinski definition) is 1. The van der Waals surface area contributed by atoms with Gasteiger partial charge >= 0.3 is 0 Å². The van der Waals surface area contributed by atoms with Crippen LogP contribution in [0.4, 0.5) is 5.69 Å². The van der Waals surface area contributed by atoms with Crippen LogP contribution < -0.4 is 14.5 Å². The van der Waals surface area contributed by atoms with Crippen LogP contribution in [0, 0.1) is 26.7 Å². The lowest BCUT2D eigenvalue weighted by molar-refractivity contribution is -0.120. The monoisotopic (exact) mass is 686 g/mol. The van der Waals surface area contributed by atoms with Gasteiger partial charge in [-0.25, -0.2) is 0 Å². The minimum absolute atomic E-state index is 0.0760. The Labute approximate surface area is 262 Å². The van der Waals surface area contributed by atoms with Crippen molar-refractivity contribution >= 4 is 42.5 Å². The highest BCUT2D eigenvalue weighted by Crippen LogP contribution is 2.43. The van der Waals surface area contributed by atoms with E-state index in [2.05, 4.69) is 92.1 Å². The maximum Gasteiger partial charge on any atom is 0.250 e. The summed E-state index contributed by atoms with van der Waals surface area (Å²) < 4.78 is 13.5. The molecule has 7 heteroatoms. The third-order valence-corrected chi connectivity index (χ3v) is 15.1. The molecule has 2 aliphatic rings. The Balaban J connectivity index is 1.52. The molecule has 1 N–H and O–H groups in total. The topological polar surface area (TPSA) is 71.3 Å². The van der Waals surface area contributed by atoms with Gasteiger partial charge in [-0.3, -0.25) is 4.79 Å². The van der Waals surface area contributed by atoms with E-state index in [-0.39, 0.29) is 23.5 Å². The highest BCUT2D eigenvalue weighted by atomic mass is 127. The van der Waals surface area contributed by atoms with E-state index in [4.69, 9.17) is 14.4 Å². The summed E-state index contributed by atoms with van der Waals surface area (Å²) in [6, 6.07) is 14.5. The lowest BCUT2D eigenvalue weighted by atomic mass is 9.76. The third-order valence-electron chi connectivity index (χ3n) is 9.59. The highest BCUT2D eigenvalue weighted by molar-refractivity contribution is 14.1. The summed E-state index contributed by atoms with van der Waals surface area (Å²) in [6.07, 6.45) is 11.0. The number of amides is 1. The molecule has 0 aliphatic heterocycles. The molecular weight excluding hydrogens is 639 g/mol. The Kier molecular flexibility index (Phi) is 10.8. The third kappa shape index (κ3) is 8.28. The Hall–Kier alpha value is -2.05. The van der Waals surface area contributed by atoms with Crippen molar-refractivity contribution in [3.63, 3.8) is 0 Å². The Bertz CT molecular complexity index is 1240. The van der Waals surface area contributed by atoms with Crippen LogP contribution in [-0.2, 0) is 11.2 Å². The van der Waals surface area contributed by atoms with E-state index in [1.807, 2.05) is 12.1 Å². The van der Waals surface area contributed by atoms with Gasteiger partial charge in [0.05, 0.1) is 3.57 Å². The van der Waals surface area contributed by atoms with Crippen molar-refractivity contribution in [1.82, 2.24) is 0 Å². The summed E-state index contributed by atoms with van der Waals surface area (Å²) in [5.41, 5.74) is 3.51. The van der Waals surface area contributed by atoms with Crippen LogP contribution in [0.1, 0.15) is 95.6 Å². The smallest absolute Gasteiger partial charge is 0.250 e. The standard InChI is InChI=1S/C34H47IN2O3Si/c1-34(2,3)41(4,5)40-31-19-18-30(37-33(38)26-10-7-6-8-11-26)29(32(31)35)22-24-14-16-25(17-15-24)27-12-9-13-28(23-27)39-21-20-36/h9,12-13,18-19,23-26H,6-8,10-11,14-17,21-22H2,1-5H3,(H,37,38). The molecule has 2 saturated carbocycles. The molecule has 5 nitrogen and oxygen atoms in total. The number of rotatable bonds is 9. The molecule has 2 fully saturated rings. The van der Waals surface area contributed by atoms with E-state index >= 15 is 0 Å². The van der Waals surface area contributed by atoms with Gasteiger partial charge < -0.3 is 14.5 Å². The fourth-order valence-electron chi connectivity index (χ4n) is 5.99. The Morgan fingerprint density at radius 2 is 1.76 bits per heavy atom. The van der Waals surface area contributed by atoms with Gasteiger partial charge in [-0.2, -0.15) is 5.26 Å². The average molecular weight is 687 g/mol. The van der Waals surface area contributed by atoms with Crippen LogP contribution in [0.25, 0.3) is 0 Å². The lowest BCUT2D eigenvalue weighted by Gasteiger charge is -2.37. The highest BCUT2D eigenvalue weighted by Gasteiger charge is 2.39. The first kappa shape index (κ1) is 31.9. The van der Waals surface area contributed by atoms with Gasteiger partial charge in [-0.1, -0.05) is 52.2 Å². The molecule has 2 aromatic rings. The van der Waals surface area contributed by atoms with E-state index in [1.54, 1.807) is 0 Å². The summed E-state index contributed by atoms with van der Waals surface area (Å²) in [4.78, 5) is 13.3. The quantitative estimate of drug-likeness (QED) is 0.211. The van der Waals surface area contributed by atoms with Crippen LogP contribution in [0.2, 0.25) is 18.1 Å². The molecule has 4 rings (SSSR count). The molecule has 0 unspecified atom stereocenters. The maximum atomic E-state index is 13.3. The van der Waals surface area contributed by atoms with Gasteiger partial charge in [0, 0.05) is 11.6 Å². The normalized spacial score (nSPS) is 20.2. The summed E-state index contributed by atoms with van der Waals surface area (Å²) in [5, 5.41) is 12.3. The molecule has 2 aliphatic carbocycles. The minimum atomic E-state index is -2.01. The summed E-state index contributed by atoms with van der Waals surface area (Å²) in [6.45, 7) is 11.5. The van der Waals surface area contributed by atoms with Crippen LogP contribution in [0.5, 0.6) is 11.5 Å². The van der Waals surface area contributed by atoms with E-state index in [0.29, 0.717) is 11.8 Å². The summed E-state index contributed by atoms with van der Waals surface area (Å²) in [7, 11) is -2.01. The second kappa shape index (κ2) is 13.9. The van der Waals surface area contributed by atoms with Crippen LogP contribution in [0.3, 0.4) is 0 Å². The predicted molar refractivity (Wildman–Crippen MR) is 178 cm³/mol.